The number of hydrogen-bond acceptors (Lipinski definition) is 7. The highest BCUT2D eigenvalue weighted by atomic mass is 32.2. The lowest BCUT2D eigenvalue weighted by Gasteiger charge is -2.11. The fourth-order valence-corrected chi connectivity index (χ4v) is 6.60. The van der Waals surface area contributed by atoms with E-state index in [2.05, 4.69) is 29.1 Å². The van der Waals surface area contributed by atoms with Crippen LogP contribution in [0.25, 0.3) is 20.4 Å². The molecular weight excluding hydrogens is 464 g/mol. The summed E-state index contributed by atoms with van der Waals surface area (Å²) in [6, 6.07) is 7.42. The van der Waals surface area contributed by atoms with Crippen LogP contribution in [0.15, 0.2) is 35.6 Å². The zero-order chi connectivity index (χ0) is 23.7. The minimum atomic E-state index is -0.0692. The topological polar surface area (TPSA) is 77.0 Å². The number of nitrogens with one attached hydrogen (secondary N) is 1. The number of aryl methyl sites for hydroxylation is 1. The normalized spacial score (nSPS) is 13.1. The number of nitrogens with zero attached hydrogens (tertiary/aromatic N) is 3. The molecule has 6 nitrogen and oxygen atoms in total. The van der Waals surface area contributed by atoms with Gasteiger partial charge < -0.3 is 10.1 Å². The second-order valence-corrected chi connectivity index (χ2v) is 10.9. The van der Waals surface area contributed by atoms with E-state index in [-0.39, 0.29) is 11.7 Å². The molecule has 0 radical (unpaired) electrons. The van der Waals surface area contributed by atoms with E-state index >= 15 is 0 Å². The quantitative estimate of drug-likeness (QED) is 0.238. The molecular formula is C26H28N4O2S2. The highest BCUT2D eigenvalue weighted by Gasteiger charge is 2.24. The first-order valence-electron chi connectivity index (χ1n) is 11.8. The van der Waals surface area contributed by atoms with Gasteiger partial charge in [-0.15, -0.1) is 11.3 Å². The molecule has 0 atom stereocenters. The number of carbonyl (C=O) groups excluding carboxylic acids is 1. The molecule has 8 heteroatoms. The SMILES string of the molecule is CCOc1ccc(NC(=O)CSc2ncnc3c2sc2nc(CC(C)C)c4c(c23)CCC4)cc1. The maximum absolute atomic E-state index is 12.6. The third kappa shape index (κ3) is 4.61. The predicted molar refractivity (Wildman–Crippen MR) is 140 cm³/mol. The largest absolute Gasteiger partial charge is 0.494 e. The maximum atomic E-state index is 12.6. The summed E-state index contributed by atoms with van der Waals surface area (Å²) in [6.07, 6.45) is 5.99. The van der Waals surface area contributed by atoms with Gasteiger partial charge in [0.05, 0.1) is 22.6 Å². The first kappa shape index (κ1) is 23.1. The second-order valence-electron chi connectivity index (χ2n) is 8.90. The van der Waals surface area contributed by atoms with Crippen LogP contribution < -0.4 is 10.1 Å². The lowest BCUT2D eigenvalue weighted by Crippen LogP contribution is -2.14. The number of aromatic nitrogens is 3. The van der Waals surface area contributed by atoms with Crippen LogP contribution in [0.3, 0.4) is 0 Å². The van der Waals surface area contributed by atoms with Crippen molar-refractivity contribution in [1.29, 1.82) is 0 Å². The predicted octanol–water partition coefficient (Wildman–Crippen LogP) is 6.06. The molecule has 0 fully saturated rings. The van der Waals surface area contributed by atoms with Gasteiger partial charge in [0.1, 0.15) is 21.9 Å². The molecule has 1 amide bonds. The summed E-state index contributed by atoms with van der Waals surface area (Å²) in [5.41, 5.74) is 5.84. The van der Waals surface area contributed by atoms with Crippen molar-refractivity contribution in [3.8, 4) is 5.75 Å². The van der Waals surface area contributed by atoms with Gasteiger partial charge in [-0.25, -0.2) is 15.0 Å². The van der Waals surface area contributed by atoms with E-state index in [4.69, 9.17) is 9.72 Å². The molecule has 1 aliphatic rings. The number of carbonyl (C=O) groups is 1. The van der Waals surface area contributed by atoms with Gasteiger partial charge in [0.25, 0.3) is 0 Å². The molecule has 0 bridgehead atoms. The van der Waals surface area contributed by atoms with E-state index in [9.17, 15) is 4.79 Å². The third-order valence-corrected chi connectivity index (χ3v) is 8.11. The van der Waals surface area contributed by atoms with Crippen LogP contribution in [-0.4, -0.2) is 33.2 Å². The Balaban J connectivity index is 1.39. The number of rotatable bonds is 8. The molecule has 34 heavy (non-hydrogen) atoms. The zero-order valence-corrected chi connectivity index (χ0v) is 21.3. The lowest BCUT2D eigenvalue weighted by atomic mass is 9.99. The van der Waals surface area contributed by atoms with Crippen LogP contribution in [0.5, 0.6) is 5.75 Å². The van der Waals surface area contributed by atoms with E-state index in [1.165, 1.54) is 40.4 Å². The van der Waals surface area contributed by atoms with E-state index in [1.807, 2.05) is 31.2 Å². The first-order chi connectivity index (χ1) is 16.5. The lowest BCUT2D eigenvalue weighted by molar-refractivity contribution is -0.113. The summed E-state index contributed by atoms with van der Waals surface area (Å²) < 4.78 is 6.48. The Labute approximate surface area is 207 Å². The molecule has 0 saturated carbocycles. The van der Waals surface area contributed by atoms with E-state index in [0.717, 1.165) is 50.8 Å². The van der Waals surface area contributed by atoms with Crippen molar-refractivity contribution in [3.63, 3.8) is 0 Å². The van der Waals surface area contributed by atoms with Crippen LogP contribution in [-0.2, 0) is 24.1 Å². The number of fused-ring (bicyclic) bond motifs is 5. The highest BCUT2D eigenvalue weighted by molar-refractivity contribution is 8.00. The van der Waals surface area contributed by atoms with Gasteiger partial charge in [-0.1, -0.05) is 25.6 Å². The highest BCUT2D eigenvalue weighted by Crippen LogP contribution is 2.42. The van der Waals surface area contributed by atoms with Crippen molar-refractivity contribution in [2.45, 2.75) is 51.5 Å². The van der Waals surface area contributed by atoms with Crippen molar-refractivity contribution in [2.75, 3.05) is 17.7 Å². The van der Waals surface area contributed by atoms with Gasteiger partial charge in [-0.05, 0) is 73.9 Å². The zero-order valence-electron chi connectivity index (χ0n) is 19.7. The fourth-order valence-electron chi connectivity index (χ4n) is 4.55. The summed E-state index contributed by atoms with van der Waals surface area (Å²) >= 11 is 3.10. The molecule has 0 spiro atoms. The van der Waals surface area contributed by atoms with Gasteiger partial charge in [-0.3, -0.25) is 4.79 Å². The van der Waals surface area contributed by atoms with Crippen LogP contribution in [0.4, 0.5) is 5.69 Å². The Bertz CT molecular complexity index is 1350. The third-order valence-electron chi connectivity index (χ3n) is 5.92. The van der Waals surface area contributed by atoms with Crippen molar-refractivity contribution in [3.05, 3.63) is 47.4 Å². The van der Waals surface area contributed by atoms with Gasteiger partial charge in [0, 0.05) is 16.8 Å². The number of pyridine rings is 1. The fraction of sp³-hybridized carbons (Fsp3) is 0.385. The molecule has 1 aliphatic carbocycles. The average molecular weight is 493 g/mol. The van der Waals surface area contributed by atoms with E-state index in [0.29, 0.717) is 12.5 Å². The number of thioether (sulfide) groups is 1. The number of amides is 1. The Kier molecular flexibility index (Phi) is 6.70. The van der Waals surface area contributed by atoms with E-state index < -0.39 is 0 Å². The van der Waals surface area contributed by atoms with Crippen molar-refractivity contribution in [1.82, 2.24) is 15.0 Å². The number of hydrogen-bond donors (Lipinski definition) is 1. The molecule has 1 N–H and O–H groups in total. The Morgan fingerprint density at radius 1 is 1.18 bits per heavy atom. The van der Waals surface area contributed by atoms with Crippen LogP contribution >= 0.6 is 23.1 Å². The number of anilines is 1. The van der Waals surface area contributed by atoms with Crippen molar-refractivity contribution in [2.24, 2.45) is 5.92 Å². The molecule has 4 aromatic rings. The maximum Gasteiger partial charge on any atom is 0.234 e. The first-order valence-corrected chi connectivity index (χ1v) is 13.6. The minimum absolute atomic E-state index is 0.0692. The summed E-state index contributed by atoms with van der Waals surface area (Å²) in [6.45, 7) is 7.06. The van der Waals surface area contributed by atoms with E-state index in [1.54, 1.807) is 17.7 Å². The molecule has 176 valence electrons. The Hall–Kier alpha value is -2.71. The Morgan fingerprint density at radius 2 is 1.97 bits per heavy atom. The van der Waals surface area contributed by atoms with Crippen LogP contribution in [0.1, 0.15) is 44.0 Å². The van der Waals surface area contributed by atoms with Gasteiger partial charge in [0.2, 0.25) is 5.91 Å². The van der Waals surface area contributed by atoms with Crippen LogP contribution in [0.2, 0.25) is 0 Å². The van der Waals surface area contributed by atoms with Gasteiger partial charge >= 0.3 is 0 Å². The number of ether oxygens (including phenoxy) is 1. The molecule has 3 aromatic heterocycles. The minimum Gasteiger partial charge on any atom is -0.494 e. The molecule has 0 unspecified atom stereocenters. The standard InChI is InChI=1S/C26H28N4O2S2/c1-4-32-17-10-8-16(9-11-17)29-21(31)13-33-26-24-23(27-14-28-26)22-19-7-5-6-18(19)20(12-15(2)3)30-25(22)34-24/h8-11,14-15H,4-7,12-13H2,1-3H3,(H,29,31). The molecule has 0 saturated heterocycles. The monoisotopic (exact) mass is 492 g/mol. The second kappa shape index (κ2) is 9.88. The van der Waals surface area contributed by atoms with Crippen LogP contribution in [0, 0.1) is 5.92 Å². The van der Waals surface area contributed by atoms with Crippen molar-refractivity contribution >= 4 is 55.1 Å². The molecule has 3 heterocycles. The van der Waals surface area contributed by atoms with Gasteiger partial charge in [-0.2, -0.15) is 0 Å². The summed E-state index contributed by atoms with van der Waals surface area (Å²) in [7, 11) is 0. The summed E-state index contributed by atoms with van der Waals surface area (Å²) in [4.78, 5) is 27.9. The summed E-state index contributed by atoms with van der Waals surface area (Å²) in [5, 5.41) is 4.99. The number of benzene rings is 1. The van der Waals surface area contributed by atoms with Gasteiger partial charge in [0.15, 0.2) is 0 Å². The molecule has 0 aliphatic heterocycles. The number of thiophene rings is 1. The summed E-state index contributed by atoms with van der Waals surface area (Å²) in [5.74, 6) is 1.57. The van der Waals surface area contributed by atoms with Crippen molar-refractivity contribution < 1.29 is 9.53 Å². The Morgan fingerprint density at radius 3 is 2.74 bits per heavy atom. The molecule has 5 rings (SSSR count). The smallest absolute Gasteiger partial charge is 0.234 e. The average Bonchev–Trinajstić information content (AvgIpc) is 3.43. The molecule has 1 aromatic carbocycles.